The number of hydrogen-bond donors (Lipinski definition) is 0. The van der Waals surface area contributed by atoms with Gasteiger partial charge in [0.25, 0.3) is 0 Å². The molecular formula is C18H20N2. The van der Waals surface area contributed by atoms with Crippen LogP contribution in [0.3, 0.4) is 0 Å². The van der Waals surface area contributed by atoms with Crippen molar-refractivity contribution < 1.29 is 0 Å². The van der Waals surface area contributed by atoms with Crippen LogP contribution in [-0.2, 0) is 0 Å². The van der Waals surface area contributed by atoms with Gasteiger partial charge in [-0.05, 0) is 68.1 Å². The lowest BCUT2D eigenvalue weighted by Crippen LogP contribution is -2.13. The molecule has 20 heavy (non-hydrogen) atoms. The Morgan fingerprint density at radius 3 is 2.35 bits per heavy atom. The first-order valence-electron chi connectivity index (χ1n) is 7.38. The van der Waals surface area contributed by atoms with Crippen molar-refractivity contribution in [2.45, 2.75) is 44.4 Å². The lowest BCUT2D eigenvalue weighted by Gasteiger charge is -2.28. The van der Waals surface area contributed by atoms with Crippen molar-refractivity contribution >= 4 is 0 Å². The fourth-order valence-corrected chi connectivity index (χ4v) is 3.08. The summed E-state index contributed by atoms with van der Waals surface area (Å²) in [6.07, 6.45) is 10.9. The van der Waals surface area contributed by atoms with Gasteiger partial charge in [-0.3, -0.25) is 0 Å². The van der Waals surface area contributed by atoms with Crippen molar-refractivity contribution in [2.75, 3.05) is 0 Å². The summed E-state index contributed by atoms with van der Waals surface area (Å²) in [5, 5.41) is 17.3. The SMILES string of the molecule is N#CC=CCCC1CCC(c2ccc(C#N)cc2)CC1. The lowest BCUT2D eigenvalue weighted by atomic mass is 9.77. The van der Waals surface area contributed by atoms with Crippen molar-refractivity contribution in [1.29, 1.82) is 10.5 Å². The van der Waals surface area contributed by atoms with Crippen LogP contribution in [0.15, 0.2) is 36.4 Å². The van der Waals surface area contributed by atoms with Gasteiger partial charge in [0.2, 0.25) is 0 Å². The Morgan fingerprint density at radius 2 is 1.75 bits per heavy atom. The van der Waals surface area contributed by atoms with Gasteiger partial charge >= 0.3 is 0 Å². The van der Waals surface area contributed by atoms with Crippen LogP contribution in [0.2, 0.25) is 0 Å². The third-order valence-corrected chi connectivity index (χ3v) is 4.29. The predicted octanol–water partition coefficient (Wildman–Crippen LogP) is 4.69. The van der Waals surface area contributed by atoms with Gasteiger partial charge in [-0.15, -0.1) is 0 Å². The van der Waals surface area contributed by atoms with E-state index in [1.807, 2.05) is 24.3 Å². The molecule has 0 N–H and O–H groups in total. The van der Waals surface area contributed by atoms with E-state index in [0.29, 0.717) is 5.92 Å². The van der Waals surface area contributed by atoms with E-state index in [-0.39, 0.29) is 0 Å². The van der Waals surface area contributed by atoms with Crippen molar-refractivity contribution in [2.24, 2.45) is 5.92 Å². The van der Waals surface area contributed by atoms with Crippen LogP contribution in [0.5, 0.6) is 0 Å². The minimum Gasteiger partial charge on any atom is -0.193 e. The minimum atomic E-state index is 0.661. The molecule has 0 amide bonds. The Bertz CT molecular complexity index is 520. The topological polar surface area (TPSA) is 47.6 Å². The number of hydrogen-bond acceptors (Lipinski definition) is 2. The van der Waals surface area contributed by atoms with Gasteiger partial charge in [-0.25, -0.2) is 0 Å². The van der Waals surface area contributed by atoms with Crippen molar-refractivity contribution in [3.63, 3.8) is 0 Å². The molecule has 0 bridgehead atoms. The molecule has 102 valence electrons. The van der Waals surface area contributed by atoms with E-state index in [1.54, 1.807) is 6.08 Å². The molecule has 1 fully saturated rings. The molecule has 2 heteroatoms. The molecule has 1 saturated carbocycles. The second kappa shape index (κ2) is 7.51. The molecule has 0 radical (unpaired) electrons. The summed E-state index contributed by atoms with van der Waals surface area (Å²) in [4.78, 5) is 0. The third kappa shape index (κ3) is 3.97. The Balaban J connectivity index is 1.80. The number of nitrogens with zero attached hydrogens (tertiary/aromatic N) is 2. The second-order valence-corrected chi connectivity index (χ2v) is 5.56. The molecule has 0 aliphatic heterocycles. The highest BCUT2D eigenvalue weighted by atomic mass is 14.3. The van der Waals surface area contributed by atoms with E-state index < -0.39 is 0 Å². The molecule has 0 heterocycles. The highest BCUT2D eigenvalue weighted by Gasteiger charge is 2.21. The molecule has 2 nitrogen and oxygen atoms in total. The molecule has 2 rings (SSSR count). The summed E-state index contributed by atoms with van der Waals surface area (Å²) in [5.74, 6) is 1.47. The summed E-state index contributed by atoms with van der Waals surface area (Å²) < 4.78 is 0. The fourth-order valence-electron chi connectivity index (χ4n) is 3.08. The van der Waals surface area contributed by atoms with Gasteiger partial charge < -0.3 is 0 Å². The van der Waals surface area contributed by atoms with Gasteiger partial charge in [0.15, 0.2) is 0 Å². The smallest absolute Gasteiger partial charge is 0.0991 e. The largest absolute Gasteiger partial charge is 0.193 e. The van der Waals surface area contributed by atoms with Crippen LogP contribution in [-0.4, -0.2) is 0 Å². The quantitative estimate of drug-likeness (QED) is 0.740. The molecular weight excluding hydrogens is 244 g/mol. The van der Waals surface area contributed by atoms with Crippen LogP contribution in [0.1, 0.15) is 55.6 Å². The second-order valence-electron chi connectivity index (χ2n) is 5.56. The zero-order valence-electron chi connectivity index (χ0n) is 11.8. The van der Waals surface area contributed by atoms with Crippen LogP contribution in [0.25, 0.3) is 0 Å². The molecule has 0 aromatic heterocycles. The first-order chi connectivity index (χ1) is 9.83. The molecule has 0 atom stereocenters. The number of nitriles is 2. The van der Waals surface area contributed by atoms with Crippen molar-refractivity contribution in [1.82, 2.24) is 0 Å². The van der Waals surface area contributed by atoms with Crippen LogP contribution >= 0.6 is 0 Å². The number of allylic oxidation sites excluding steroid dienone is 2. The molecule has 0 spiro atoms. The van der Waals surface area contributed by atoms with E-state index in [9.17, 15) is 0 Å². The lowest BCUT2D eigenvalue weighted by molar-refractivity contribution is 0.312. The molecule has 1 aromatic carbocycles. The zero-order chi connectivity index (χ0) is 14.2. The number of benzene rings is 1. The van der Waals surface area contributed by atoms with E-state index in [2.05, 4.69) is 18.2 Å². The highest BCUT2D eigenvalue weighted by molar-refractivity contribution is 5.33. The standard InChI is InChI=1S/C18H20N2/c19-13-3-1-2-4-15-5-9-17(10-6-15)18-11-7-16(14-20)8-12-18/h1,3,7-8,11-12,15,17H,2,4-6,9-10H2. The summed E-state index contributed by atoms with van der Waals surface area (Å²) in [6, 6.07) is 12.3. The molecule has 1 aromatic rings. The van der Waals surface area contributed by atoms with Gasteiger partial charge in [-0.1, -0.05) is 18.2 Å². The maximum absolute atomic E-state index is 8.82. The molecule has 0 unspecified atom stereocenters. The summed E-state index contributed by atoms with van der Waals surface area (Å²) >= 11 is 0. The maximum atomic E-state index is 8.82. The number of rotatable bonds is 4. The monoisotopic (exact) mass is 264 g/mol. The molecule has 1 aliphatic rings. The predicted molar refractivity (Wildman–Crippen MR) is 79.8 cm³/mol. The maximum Gasteiger partial charge on any atom is 0.0991 e. The Labute approximate surface area is 121 Å². The van der Waals surface area contributed by atoms with Gasteiger partial charge in [0.1, 0.15) is 0 Å². The summed E-state index contributed by atoms with van der Waals surface area (Å²) in [7, 11) is 0. The van der Waals surface area contributed by atoms with Gasteiger partial charge in [0, 0.05) is 6.08 Å². The Morgan fingerprint density at radius 1 is 1.05 bits per heavy atom. The zero-order valence-corrected chi connectivity index (χ0v) is 11.8. The van der Waals surface area contributed by atoms with E-state index in [0.717, 1.165) is 17.9 Å². The van der Waals surface area contributed by atoms with Crippen LogP contribution in [0.4, 0.5) is 0 Å². The fraction of sp³-hybridized carbons (Fsp3) is 0.444. The third-order valence-electron chi connectivity index (χ3n) is 4.29. The van der Waals surface area contributed by atoms with E-state index in [1.165, 1.54) is 37.7 Å². The first kappa shape index (κ1) is 14.4. The normalized spacial score (nSPS) is 22.3. The summed E-state index contributed by atoms with van der Waals surface area (Å²) in [5.41, 5.74) is 2.12. The van der Waals surface area contributed by atoms with Crippen molar-refractivity contribution in [3.8, 4) is 12.1 Å². The average molecular weight is 264 g/mol. The molecule has 0 saturated heterocycles. The first-order valence-corrected chi connectivity index (χ1v) is 7.38. The van der Waals surface area contributed by atoms with Gasteiger partial charge in [-0.2, -0.15) is 10.5 Å². The van der Waals surface area contributed by atoms with E-state index in [4.69, 9.17) is 10.5 Å². The van der Waals surface area contributed by atoms with Crippen LogP contribution < -0.4 is 0 Å². The average Bonchev–Trinajstić information content (AvgIpc) is 2.52. The Hall–Kier alpha value is -2.06. The minimum absolute atomic E-state index is 0.661. The van der Waals surface area contributed by atoms with Gasteiger partial charge in [0.05, 0.1) is 17.7 Å². The van der Waals surface area contributed by atoms with Crippen molar-refractivity contribution in [3.05, 3.63) is 47.5 Å². The van der Waals surface area contributed by atoms with E-state index >= 15 is 0 Å². The van der Waals surface area contributed by atoms with Crippen LogP contribution in [0, 0.1) is 28.6 Å². The summed E-state index contributed by atoms with van der Waals surface area (Å²) in [6.45, 7) is 0. The Kier molecular flexibility index (Phi) is 5.39. The molecule has 1 aliphatic carbocycles. The highest BCUT2D eigenvalue weighted by Crippen LogP contribution is 2.37.